The highest BCUT2D eigenvalue weighted by Crippen LogP contribution is 2.34. The molecule has 1 aromatic heterocycles. The first-order valence-electron chi connectivity index (χ1n) is 6.37. The maximum Gasteiger partial charge on any atom is 0.196 e. The molecule has 0 N–H and O–H groups in total. The smallest absolute Gasteiger partial charge is 0.196 e. The Labute approximate surface area is 102 Å². The third kappa shape index (κ3) is 2.55. The lowest BCUT2D eigenvalue weighted by atomic mass is 9.79. The molecule has 0 spiro atoms. The van der Waals surface area contributed by atoms with E-state index in [1.165, 1.54) is 6.42 Å². The van der Waals surface area contributed by atoms with Crippen LogP contribution in [0.2, 0.25) is 0 Å². The molecule has 0 aromatic carbocycles. The zero-order chi connectivity index (χ0) is 12.1. The molecule has 2 rings (SSSR count). The van der Waals surface area contributed by atoms with E-state index in [2.05, 4.69) is 4.98 Å². The standard InChI is InChI=1S/C14H19NO2/c1-2-17-14(8-4-3-5-9-14)13(16)12-7-6-10-15-11-12/h6-7,10-11H,2-5,8-9H2,1H3. The van der Waals surface area contributed by atoms with Gasteiger partial charge in [0.05, 0.1) is 0 Å². The lowest BCUT2D eigenvalue weighted by molar-refractivity contribution is -0.0411. The number of hydrogen-bond donors (Lipinski definition) is 0. The summed E-state index contributed by atoms with van der Waals surface area (Å²) in [5, 5.41) is 0. The summed E-state index contributed by atoms with van der Waals surface area (Å²) < 4.78 is 5.81. The molecule has 1 heterocycles. The second-order valence-electron chi connectivity index (χ2n) is 4.56. The first kappa shape index (κ1) is 12.2. The van der Waals surface area contributed by atoms with E-state index < -0.39 is 5.60 Å². The fourth-order valence-electron chi connectivity index (χ4n) is 2.60. The molecule has 92 valence electrons. The molecule has 0 aliphatic heterocycles. The van der Waals surface area contributed by atoms with E-state index in [9.17, 15) is 4.79 Å². The molecule has 1 aliphatic rings. The zero-order valence-electron chi connectivity index (χ0n) is 10.3. The third-order valence-corrected chi connectivity index (χ3v) is 3.42. The number of pyridine rings is 1. The van der Waals surface area contributed by atoms with Gasteiger partial charge in [-0.25, -0.2) is 0 Å². The molecule has 0 saturated heterocycles. The maximum absolute atomic E-state index is 12.5. The Hall–Kier alpha value is -1.22. The van der Waals surface area contributed by atoms with Crippen molar-refractivity contribution in [3.8, 4) is 0 Å². The van der Waals surface area contributed by atoms with E-state index in [4.69, 9.17) is 4.74 Å². The van der Waals surface area contributed by atoms with Gasteiger partial charge in [-0.15, -0.1) is 0 Å². The van der Waals surface area contributed by atoms with Crippen molar-refractivity contribution in [2.75, 3.05) is 6.61 Å². The first-order chi connectivity index (χ1) is 8.28. The van der Waals surface area contributed by atoms with Gasteiger partial charge in [0.15, 0.2) is 5.78 Å². The normalized spacial score (nSPS) is 18.9. The van der Waals surface area contributed by atoms with Crippen molar-refractivity contribution >= 4 is 5.78 Å². The van der Waals surface area contributed by atoms with Crippen LogP contribution in [0.15, 0.2) is 24.5 Å². The van der Waals surface area contributed by atoms with Gasteiger partial charge < -0.3 is 4.74 Å². The van der Waals surface area contributed by atoms with Crippen LogP contribution in [0, 0.1) is 0 Å². The van der Waals surface area contributed by atoms with Gasteiger partial charge >= 0.3 is 0 Å². The molecule has 1 fully saturated rings. The Morgan fingerprint density at radius 2 is 2.18 bits per heavy atom. The van der Waals surface area contributed by atoms with Gasteiger partial charge in [-0.2, -0.15) is 0 Å². The molecular weight excluding hydrogens is 214 g/mol. The van der Waals surface area contributed by atoms with Gasteiger partial charge in [-0.1, -0.05) is 19.3 Å². The van der Waals surface area contributed by atoms with Crippen molar-refractivity contribution in [2.45, 2.75) is 44.6 Å². The SMILES string of the molecule is CCOC1(C(=O)c2cccnc2)CCCCC1. The second-order valence-corrected chi connectivity index (χ2v) is 4.56. The van der Waals surface area contributed by atoms with Crippen LogP contribution >= 0.6 is 0 Å². The Morgan fingerprint density at radius 1 is 1.41 bits per heavy atom. The fraction of sp³-hybridized carbons (Fsp3) is 0.571. The molecule has 3 nitrogen and oxygen atoms in total. The first-order valence-corrected chi connectivity index (χ1v) is 6.37. The molecule has 17 heavy (non-hydrogen) atoms. The molecule has 3 heteroatoms. The number of ether oxygens (including phenoxy) is 1. The van der Waals surface area contributed by atoms with E-state index in [0.717, 1.165) is 25.7 Å². The number of Topliss-reactive ketones (excluding diaryl/α,β-unsaturated/α-hetero) is 1. The Bertz CT molecular complexity index is 364. The second kappa shape index (κ2) is 5.41. The highest BCUT2D eigenvalue weighted by molar-refractivity contribution is 6.02. The van der Waals surface area contributed by atoms with Gasteiger partial charge in [-0.05, 0) is 31.9 Å². The van der Waals surface area contributed by atoms with Gasteiger partial charge in [0, 0.05) is 24.6 Å². The summed E-state index contributed by atoms with van der Waals surface area (Å²) in [7, 11) is 0. The summed E-state index contributed by atoms with van der Waals surface area (Å²) in [6, 6.07) is 3.63. The number of carbonyl (C=O) groups is 1. The van der Waals surface area contributed by atoms with Crippen LogP contribution in [0.1, 0.15) is 49.4 Å². The summed E-state index contributed by atoms with van der Waals surface area (Å²) in [4.78, 5) is 16.6. The zero-order valence-corrected chi connectivity index (χ0v) is 10.3. The minimum atomic E-state index is -0.587. The van der Waals surface area contributed by atoms with E-state index in [0.29, 0.717) is 12.2 Å². The Morgan fingerprint density at radius 3 is 2.76 bits per heavy atom. The molecule has 0 unspecified atom stereocenters. The lowest BCUT2D eigenvalue weighted by Gasteiger charge is -2.35. The van der Waals surface area contributed by atoms with E-state index >= 15 is 0 Å². The number of aromatic nitrogens is 1. The molecule has 0 amide bonds. The molecule has 1 aromatic rings. The molecule has 0 atom stereocenters. The number of rotatable bonds is 4. The minimum Gasteiger partial charge on any atom is -0.367 e. The number of nitrogens with zero attached hydrogens (tertiary/aromatic N) is 1. The van der Waals surface area contributed by atoms with E-state index in [-0.39, 0.29) is 5.78 Å². The predicted octanol–water partition coefficient (Wildman–Crippen LogP) is 3.00. The molecular formula is C14H19NO2. The van der Waals surface area contributed by atoms with Crippen molar-refractivity contribution in [1.82, 2.24) is 4.98 Å². The van der Waals surface area contributed by atoms with Gasteiger partial charge in [0.2, 0.25) is 0 Å². The van der Waals surface area contributed by atoms with Crippen molar-refractivity contribution in [3.05, 3.63) is 30.1 Å². The molecule has 1 aliphatic carbocycles. The molecule has 0 bridgehead atoms. The summed E-state index contributed by atoms with van der Waals surface area (Å²) in [5.41, 5.74) is 0.0820. The van der Waals surface area contributed by atoms with Crippen molar-refractivity contribution < 1.29 is 9.53 Å². The van der Waals surface area contributed by atoms with E-state index in [1.807, 2.05) is 13.0 Å². The van der Waals surface area contributed by atoms with Crippen LogP contribution in [0.3, 0.4) is 0 Å². The number of ketones is 1. The van der Waals surface area contributed by atoms with Crippen LogP contribution in [0.25, 0.3) is 0 Å². The summed E-state index contributed by atoms with van der Waals surface area (Å²) >= 11 is 0. The lowest BCUT2D eigenvalue weighted by Crippen LogP contribution is -2.43. The number of hydrogen-bond acceptors (Lipinski definition) is 3. The largest absolute Gasteiger partial charge is 0.367 e. The number of carbonyl (C=O) groups excluding carboxylic acids is 1. The van der Waals surface area contributed by atoms with Crippen LogP contribution in [-0.4, -0.2) is 23.0 Å². The summed E-state index contributed by atoms with van der Waals surface area (Å²) in [6.07, 6.45) is 8.36. The van der Waals surface area contributed by atoms with Crippen LogP contribution in [-0.2, 0) is 4.74 Å². The van der Waals surface area contributed by atoms with Gasteiger partial charge in [0.25, 0.3) is 0 Å². The maximum atomic E-state index is 12.5. The minimum absolute atomic E-state index is 0.104. The Kier molecular flexibility index (Phi) is 3.89. The van der Waals surface area contributed by atoms with Crippen LogP contribution in [0.4, 0.5) is 0 Å². The van der Waals surface area contributed by atoms with Crippen molar-refractivity contribution in [1.29, 1.82) is 0 Å². The van der Waals surface area contributed by atoms with E-state index in [1.54, 1.807) is 18.5 Å². The molecule has 1 saturated carbocycles. The van der Waals surface area contributed by atoms with Crippen molar-refractivity contribution in [2.24, 2.45) is 0 Å². The van der Waals surface area contributed by atoms with Gasteiger partial charge in [-0.3, -0.25) is 9.78 Å². The van der Waals surface area contributed by atoms with Crippen LogP contribution in [0.5, 0.6) is 0 Å². The monoisotopic (exact) mass is 233 g/mol. The third-order valence-electron chi connectivity index (χ3n) is 3.42. The Balaban J connectivity index is 2.24. The van der Waals surface area contributed by atoms with Crippen molar-refractivity contribution in [3.63, 3.8) is 0 Å². The van der Waals surface area contributed by atoms with Crippen LogP contribution < -0.4 is 0 Å². The topological polar surface area (TPSA) is 39.2 Å². The summed E-state index contributed by atoms with van der Waals surface area (Å²) in [5.74, 6) is 0.104. The average molecular weight is 233 g/mol. The highest BCUT2D eigenvalue weighted by atomic mass is 16.5. The quantitative estimate of drug-likeness (QED) is 0.750. The summed E-state index contributed by atoms with van der Waals surface area (Å²) in [6.45, 7) is 2.54. The predicted molar refractivity (Wildman–Crippen MR) is 66.0 cm³/mol. The highest BCUT2D eigenvalue weighted by Gasteiger charge is 2.40. The average Bonchev–Trinajstić information content (AvgIpc) is 2.40. The van der Waals surface area contributed by atoms with Gasteiger partial charge in [0.1, 0.15) is 5.60 Å². The molecule has 0 radical (unpaired) electrons. The fourth-order valence-corrected chi connectivity index (χ4v) is 2.60.